The Hall–Kier alpha value is -1.72. The predicted molar refractivity (Wildman–Crippen MR) is 79.9 cm³/mol. The van der Waals surface area contributed by atoms with Gasteiger partial charge in [-0.2, -0.15) is 0 Å². The zero-order valence-corrected chi connectivity index (χ0v) is 12.0. The molecule has 0 aliphatic rings. The van der Waals surface area contributed by atoms with E-state index in [0.717, 1.165) is 38.1 Å². The van der Waals surface area contributed by atoms with E-state index in [1.807, 2.05) is 24.7 Å². The second-order valence-electron chi connectivity index (χ2n) is 5.00. The number of hydrogen-bond donors (Lipinski definition) is 2. The smallest absolute Gasteiger partial charge is 0.110 e. The Morgan fingerprint density at radius 1 is 1.40 bits per heavy atom. The molecule has 0 aliphatic carbocycles. The summed E-state index contributed by atoms with van der Waals surface area (Å²) in [6.45, 7) is 3.18. The number of imidazole rings is 1. The number of aromatic nitrogens is 3. The van der Waals surface area contributed by atoms with Crippen molar-refractivity contribution in [2.45, 2.75) is 45.2 Å². The Balaban J connectivity index is 1.90. The zero-order chi connectivity index (χ0) is 14.2. The fraction of sp³-hybridized carbons (Fsp3) is 0.467. The van der Waals surface area contributed by atoms with Crippen molar-refractivity contribution in [3.05, 3.63) is 48.3 Å². The summed E-state index contributed by atoms with van der Waals surface area (Å²) in [6.07, 6.45) is 11.5. The van der Waals surface area contributed by atoms with Crippen LogP contribution >= 0.6 is 0 Å². The van der Waals surface area contributed by atoms with E-state index in [4.69, 9.17) is 5.84 Å². The maximum Gasteiger partial charge on any atom is 0.110 e. The Morgan fingerprint density at radius 3 is 3.00 bits per heavy atom. The van der Waals surface area contributed by atoms with Crippen LogP contribution in [0.3, 0.4) is 0 Å². The van der Waals surface area contributed by atoms with E-state index >= 15 is 0 Å². The minimum atomic E-state index is 0.230. The fourth-order valence-electron chi connectivity index (χ4n) is 2.33. The number of aryl methyl sites for hydroxylation is 2. The quantitative estimate of drug-likeness (QED) is 0.567. The molecule has 20 heavy (non-hydrogen) atoms. The van der Waals surface area contributed by atoms with Crippen LogP contribution in [0, 0.1) is 0 Å². The molecule has 5 heteroatoms. The standard InChI is InChI=1S/C15H23N5/c1-2-9-20-10-8-18-15(20)11-14(19-16)6-5-13-4-3-7-17-12-13/h3-4,7-8,10,12,14,19H,2,5-6,9,11,16H2,1H3. The third-order valence-electron chi connectivity index (χ3n) is 3.44. The molecule has 5 nitrogen and oxygen atoms in total. The first-order valence-electron chi connectivity index (χ1n) is 7.18. The SMILES string of the molecule is CCCn1ccnc1CC(CCc1cccnc1)NN. The second-order valence-corrected chi connectivity index (χ2v) is 5.00. The summed E-state index contributed by atoms with van der Waals surface area (Å²) < 4.78 is 2.20. The molecule has 0 radical (unpaired) electrons. The summed E-state index contributed by atoms with van der Waals surface area (Å²) in [6, 6.07) is 4.29. The second kappa shape index (κ2) is 7.77. The van der Waals surface area contributed by atoms with Gasteiger partial charge in [0.25, 0.3) is 0 Å². The van der Waals surface area contributed by atoms with Gasteiger partial charge in [-0.05, 0) is 30.9 Å². The van der Waals surface area contributed by atoms with Crippen molar-refractivity contribution in [1.82, 2.24) is 20.0 Å². The number of pyridine rings is 1. The Morgan fingerprint density at radius 2 is 2.30 bits per heavy atom. The van der Waals surface area contributed by atoms with Crippen LogP contribution in [0.15, 0.2) is 36.9 Å². The number of nitrogens with one attached hydrogen (secondary N) is 1. The van der Waals surface area contributed by atoms with E-state index in [2.05, 4.69) is 33.0 Å². The summed E-state index contributed by atoms with van der Waals surface area (Å²) in [7, 11) is 0. The highest BCUT2D eigenvalue weighted by atomic mass is 15.2. The first kappa shape index (κ1) is 14.7. The number of nitrogens with zero attached hydrogens (tertiary/aromatic N) is 3. The van der Waals surface area contributed by atoms with Crippen molar-refractivity contribution in [2.24, 2.45) is 5.84 Å². The molecule has 0 fully saturated rings. The van der Waals surface area contributed by atoms with Gasteiger partial charge < -0.3 is 4.57 Å². The number of nitrogens with two attached hydrogens (primary N) is 1. The van der Waals surface area contributed by atoms with E-state index in [1.165, 1.54) is 5.56 Å². The van der Waals surface area contributed by atoms with Crippen LogP contribution in [0.1, 0.15) is 31.2 Å². The molecule has 2 heterocycles. The van der Waals surface area contributed by atoms with Crippen LogP contribution in [0.25, 0.3) is 0 Å². The number of hydrogen-bond acceptors (Lipinski definition) is 4. The largest absolute Gasteiger partial charge is 0.335 e. The molecule has 0 bridgehead atoms. The van der Waals surface area contributed by atoms with E-state index in [1.54, 1.807) is 6.20 Å². The summed E-state index contributed by atoms with van der Waals surface area (Å²) in [5.41, 5.74) is 4.15. The van der Waals surface area contributed by atoms with Crippen molar-refractivity contribution < 1.29 is 0 Å². The molecule has 2 rings (SSSR count). The summed E-state index contributed by atoms with van der Waals surface area (Å²) in [5.74, 6) is 6.77. The lowest BCUT2D eigenvalue weighted by Crippen LogP contribution is -2.37. The summed E-state index contributed by atoms with van der Waals surface area (Å²) >= 11 is 0. The van der Waals surface area contributed by atoms with Crippen molar-refractivity contribution in [1.29, 1.82) is 0 Å². The molecule has 0 amide bonds. The van der Waals surface area contributed by atoms with Crippen molar-refractivity contribution >= 4 is 0 Å². The highest BCUT2D eigenvalue weighted by Gasteiger charge is 2.12. The summed E-state index contributed by atoms with van der Waals surface area (Å²) in [4.78, 5) is 8.57. The van der Waals surface area contributed by atoms with Gasteiger partial charge in [0, 0.05) is 43.8 Å². The Bertz CT molecular complexity index is 494. The lowest BCUT2D eigenvalue weighted by Gasteiger charge is -2.16. The average molecular weight is 273 g/mol. The predicted octanol–water partition coefficient (Wildman–Crippen LogP) is 1.70. The van der Waals surface area contributed by atoms with Gasteiger partial charge >= 0.3 is 0 Å². The molecule has 0 saturated carbocycles. The lowest BCUT2D eigenvalue weighted by atomic mass is 10.0. The Kier molecular flexibility index (Phi) is 5.70. The van der Waals surface area contributed by atoms with Gasteiger partial charge in [-0.3, -0.25) is 16.3 Å². The van der Waals surface area contributed by atoms with Gasteiger partial charge in [-0.15, -0.1) is 0 Å². The van der Waals surface area contributed by atoms with Gasteiger partial charge in [-0.25, -0.2) is 4.98 Å². The van der Waals surface area contributed by atoms with E-state index in [-0.39, 0.29) is 6.04 Å². The normalized spacial score (nSPS) is 12.5. The fourth-order valence-corrected chi connectivity index (χ4v) is 2.33. The highest BCUT2D eigenvalue weighted by Crippen LogP contribution is 2.09. The Labute approximate surface area is 120 Å². The molecule has 2 aromatic rings. The van der Waals surface area contributed by atoms with Gasteiger partial charge in [0.1, 0.15) is 5.82 Å². The van der Waals surface area contributed by atoms with Crippen LogP contribution in [0.4, 0.5) is 0 Å². The maximum atomic E-state index is 5.67. The summed E-state index contributed by atoms with van der Waals surface area (Å²) in [5, 5.41) is 0. The van der Waals surface area contributed by atoms with Gasteiger partial charge in [0.2, 0.25) is 0 Å². The minimum absolute atomic E-state index is 0.230. The molecule has 0 saturated heterocycles. The van der Waals surface area contributed by atoms with Crippen LogP contribution in [-0.4, -0.2) is 20.6 Å². The van der Waals surface area contributed by atoms with Crippen molar-refractivity contribution in [2.75, 3.05) is 0 Å². The molecule has 108 valence electrons. The number of rotatable bonds is 8. The van der Waals surface area contributed by atoms with Crippen LogP contribution in [0.2, 0.25) is 0 Å². The van der Waals surface area contributed by atoms with Gasteiger partial charge in [0.15, 0.2) is 0 Å². The molecule has 1 unspecified atom stereocenters. The molecule has 1 atom stereocenters. The third-order valence-corrected chi connectivity index (χ3v) is 3.44. The molecular formula is C15H23N5. The molecule has 0 spiro atoms. The highest BCUT2D eigenvalue weighted by molar-refractivity contribution is 5.09. The van der Waals surface area contributed by atoms with E-state index in [0.29, 0.717) is 0 Å². The monoisotopic (exact) mass is 273 g/mol. The van der Waals surface area contributed by atoms with Crippen LogP contribution < -0.4 is 11.3 Å². The lowest BCUT2D eigenvalue weighted by molar-refractivity contribution is 0.470. The van der Waals surface area contributed by atoms with Crippen LogP contribution in [-0.2, 0) is 19.4 Å². The van der Waals surface area contributed by atoms with Crippen molar-refractivity contribution in [3.63, 3.8) is 0 Å². The van der Waals surface area contributed by atoms with Gasteiger partial charge in [-0.1, -0.05) is 13.0 Å². The zero-order valence-electron chi connectivity index (χ0n) is 12.0. The third kappa shape index (κ3) is 4.15. The van der Waals surface area contributed by atoms with Crippen molar-refractivity contribution in [3.8, 4) is 0 Å². The van der Waals surface area contributed by atoms with E-state index < -0.39 is 0 Å². The molecule has 0 aromatic carbocycles. The average Bonchev–Trinajstić information content (AvgIpc) is 2.92. The molecule has 2 aromatic heterocycles. The minimum Gasteiger partial charge on any atom is -0.335 e. The van der Waals surface area contributed by atoms with Gasteiger partial charge in [0.05, 0.1) is 0 Å². The first-order chi connectivity index (χ1) is 9.83. The number of hydrazine groups is 1. The molecule has 3 N–H and O–H groups in total. The van der Waals surface area contributed by atoms with Crippen LogP contribution in [0.5, 0.6) is 0 Å². The molecular weight excluding hydrogens is 250 g/mol. The maximum absolute atomic E-state index is 5.67. The van der Waals surface area contributed by atoms with E-state index in [9.17, 15) is 0 Å². The molecule has 0 aliphatic heterocycles. The first-order valence-corrected chi connectivity index (χ1v) is 7.18. The topological polar surface area (TPSA) is 68.8 Å².